The molecule has 0 rings (SSSR count). The van der Waals surface area contributed by atoms with Gasteiger partial charge in [0.05, 0.1) is 11.8 Å². The van der Waals surface area contributed by atoms with Crippen LogP contribution >= 0.6 is 0 Å². The van der Waals surface area contributed by atoms with Gasteiger partial charge in [0.25, 0.3) is 0 Å². The summed E-state index contributed by atoms with van der Waals surface area (Å²) in [5.74, 6) is -2.33. The summed E-state index contributed by atoms with van der Waals surface area (Å²) in [4.78, 5) is 32.6. The van der Waals surface area contributed by atoms with Gasteiger partial charge in [-0.25, -0.2) is 4.79 Å². The van der Waals surface area contributed by atoms with Gasteiger partial charge in [0.2, 0.25) is 0 Å². The standard InChI is InChI=1S/C11H16O6/c1-4-8(12)16-5-6-17-9(13)7-11(2,3)10(14)15/h4H,1,5-7H2,2-3H3,(H,14,15). The minimum absolute atomic E-state index is 0.0793. The van der Waals surface area contributed by atoms with E-state index < -0.39 is 23.3 Å². The molecule has 0 unspecified atom stereocenters. The Bertz CT molecular complexity index is 318. The fraction of sp³-hybridized carbons (Fsp3) is 0.545. The molecule has 0 heterocycles. The van der Waals surface area contributed by atoms with Gasteiger partial charge in [-0.05, 0) is 13.8 Å². The SMILES string of the molecule is C=CC(=O)OCCOC(=O)CC(C)(C)C(=O)O. The summed E-state index contributed by atoms with van der Waals surface area (Å²) in [5.41, 5.74) is -1.17. The van der Waals surface area contributed by atoms with Crippen LogP contribution in [0.2, 0.25) is 0 Å². The Morgan fingerprint density at radius 1 is 1.24 bits per heavy atom. The van der Waals surface area contributed by atoms with Crippen LogP contribution in [-0.4, -0.2) is 36.2 Å². The highest BCUT2D eigenvalue weighted by Crippen LogP contribution is 2.20. The number of hydrogen-bond acceptors (Lipinski definition) is 5. The first-order valence-electron chi connectivity index (χ1n) is 4.98. The van der Waals surface area contributed by atoms with Gasteiger partial charge >= 0.3 is 17.9 Å². The summed E-state index contributed by atoms with van der Waals surface area (Å²) in [7, 11) is 0. The Labute approximate surface area is 99.2 Å². The summed E-state index contributed by atoms with van der Waals surface area (Å²) < 4.78 is 9.28. The number of rotatable bonds is 7. The summed E-state index contributed by atoms with van der Waals surface area (Å²) in [6.07, 6.45) is 0.757. The molecule has 96 valence electrons. The van der Waals surface area contributed by atoms with E-state index in [0.717, 1.165) is 6.08 Å². The molecule has 0 bridgehead atoms. The zero-order chi connectivity index (χ0) is 13.5. The normalized spacial score (nSPS) is 10.5. The first kappa shape index (κ1) is 15.2. The van der Waals surface area contributed by atoms with Crippen molar-refractivity contribution in [2.24, 2.45) is 5.41 Å². The van der Waals surface area contributed by atoms with Crippen LogP contribution in [0, 0.1) is 5.41 Å². The Morgan fingerprint density at radius 3 is 2.24 bits per heavy atom. The molecule has 0 saturated heterocycles. The molecule has 6 nitrogen and oxygen atoms in total. The quantitative estimate of drug-likeness (QED) is 0.404. The maximum Gasteiger partial charge on any atom is 0.330 e. The molecule has 0 aliphatic carbocycles. The Morgan fingerprint density at radius 2 is 1.76 bits per heavy atom. The lowest BCUT2D eigenvalue weighted by Crippen LogP contribution is -2.28. The van der Waals surface area contributed by atoms with E-state index in [-0.39, 0.29) is 19.6 Å². The van der Waals surface area contributed by atoms with Crippen molar-refractivity contribution < 1.29 is 29.0 Å². The Balaban J connectivity index is 3.85. The van der Waals surface area contributed by atoms with E-state index in [1.54, 1.807) is 0 Å². The van der Waals surface area contributed by atoms with Crippen molar-refractivity contribution in [1.29, 1.82) is 0 Å². The Hall–Kier alpha value is -1.85. The molecular weight excluding hydrogens is 228 g/mol. The second-order valence-electron chi connectivity index (χ2n) is 3.96. The number of carbonyl (C=O) groups is 3. The molecule has 0 aromatic rings. The van der Waals surface area contributed by atoms with Crippen LogP contribution in [0.15, 0.2) is 12.7 Å². The minimum Gasteiger partial charge on any atom is -0.481 e. The molecule has 0 aromatic carbocycles. The van der Waals surface area contributed by atoms with Crippen molar-refractivity contribution in [3.05, 3.63) is 12.7 Å². The zero-order valence-electron chi connectivity index (χ0n) is 9.89. The van der Waals surface area contributed by atoms with Crippen molar-refractivity contribution in [2.45, 2.75) is 20.3 Å². The minimum atomic E-state index is -1.17. The van der Waals surface area contributed by atoms with Crippen molar-refractivity contribution in [3.8, 4) is 0 Å². The highest BCUT2D eigenvalue weighted by Gasteiger charge is 2.30. The van der Waals surface area contributed by atoms with Crippen LogP contribution in [0.25, 0.3) is 0 Å². The summed E-state index contributed by atoms with van der Waals surface area (Å²) >= 11 is 0. The maximum absolute atomic E-state index is 11.2. The smallest absolute Gasteiger partial charge is 0.330 e. The lowest BCUT2D eigenvalue weighted by molar-refractivity contribution is -0.158. The van der Waals surface area contributed by atoms with Gasteiger partial charge in [-0.3, -0.25) is 9.59 Å². The third-order valence-electron chi connectivity index (χ3n) is 1.92. The molecule has 6 heteroatoms. The monoisotopic (exact) mass is 244 g/mol. The van der Waals surface area contributed by atoms with Gasteiger partial charge in [-0.1, -0.05) is 6.58 Å². The molecule has 0 spiro atoms. The van der Waals surface area contributed by atoms with Gasteiger partial charge in [0.15, 0.2) is 0 Å². The molecule has 0 aromatic heterocycles. The number of carboxylic acid groups (broad SMARTS) is 1. The van der Waals surface area contributed by atoms with Crippen molar-refractivity contribution in [3.63, 3.8) is 0 Å². The van der Waals surface area contributed by atoms with Crippen molar-refractivity contribution in [1.82, 2.24) is 0 Å². The lowest BCUT2D eigenvalue weighted by Gasteiger charge is -2.17. The van der Waals surface area contributed by atoms with Gasteiger partial charge in [-0.2, -0.15) is 0 Å². The topological polar surface area (TPSA) is 89.9 Å². The highest BCUT2D eigenvalue weighted by molar-refractivity contribution is 5.82. The van der Waals surface area contributed by atoms with Gasteiger partial charge in [0, 0.05) is 6.08 Å². The first-order valence-corrected chi connectivity index (χ1v) is 4.98. The Kier molecular flexibility index (Phi) is 5.95. The second-order valence-corrected chi connectivity index (χ2v) is 3.96. The summed E-state index contributed by atoms with van der Waals surface area (Å²) in [6.45, 7) is 5.86. The van der Waals surface area contributed by atoms with Gasteiger partial charge in [-0.15, -0.1) is 0 Å². The van der Waals surface area contributed by atoms with Crippen LogP contribution in [0.3, 0.4) is 0 Å². The zero-order valence-corrected chi connectivity index (χ0v) is 9.89. The molecule has 1 N–H and O–H groups in total. The molecule has 0 aliphatic rings. The first-order chi connectivity index (χ1) is 7.79. The molecular formula is C11H16O6. The van der Waals surface area contributed by atoms with E-state index in [1.807, 2.05) is 0 Å². The van der Waals surface area contributed by atoms with Gasteiger partial charge < -0.3 is 14.6 Å². The number of hydrogen-bond donors (Lipinski definition) is 1. The van der Waals surface area contributed by atoms with Crippen LogP contribution in [-0.2, 0) is 23.9 Å². The van der Waals surface area contributed by atoms with Crippen LogP contribution < -0.4 is 0 Å². The van der Waals surface area contributed by atoms with Crippen LogP contribution in [0.4, 0.5) is 0 Å². The largest absolute Gasteiger partial charge is 0.481 e. The maximum atomic E-state index is 11.2. The summed E-state index contributed by atoms with van der Waals surface area (Å²) in [5, 5.41) is 8.78. The number of esters is 2. The fourth-order valence-electron chi connectivity index (χ4n) is 0.844. The van der Waals surface area contributed by atoms with Crippen LogP contribution in [0.5, 0.6) is 0 Å². The van der Waals surface area contributed by atoms with Crippen molar-refractivity contribution >= 4 is 17.9 Å². The number of ether oxygens (including phenoxy) is 2. The molecule has 0 atom stereocenters. The second kappa shape index (κ2) is 6.67. The summed E-state index contributed by atoms with van der Waals surface area (Å²) in [6, 6.07) is 0. The van der Waals surface area contributed by atoms with Crippen LogP contribution in [0.1, 0.15) is 20.3 Å². The van der Waals surface area contributed by atoms with E-state index in [4.69, 9.17) is 9.84 Å². The third-order valence-corrected chi connectivity index (χ3v) is 1.92. The average molecular weight is 244 g/mol. The molecule has 0 aliphatic heterocycles. The van der Waals surface area contributed by atoms with E-state index in [2.05, 4.69) is 11.3 Å². The average Bonchev–Trinajstić information content (AvgIpc) is 2.23. The number of carbonyl (C=O) groups excluding carboxylic acids is 2. The molecule has 0 fully saturated rings. The predicted molar refractivity (Wildman–Crippen MR) is 58.1 cm³/mol. The van der Waals surface area contributed by atoms with E-state index in [1.165, 1.54) is 13.8 Å². The molecule has 17 heavy (non-hydrogen) atoms. The third kappa shape index (κ3) is 6.34. The molecule has 0 saturated carbocycles. The number of aliphatic carboxylic acids is 1. The molecule has 0 radical (unpaired) electrons. The van der Waals surface area contributed by atoms with E-state index in [0.29, 0.717) is 0 Å². The predicted octanol–water partition coefficient (Wildman–Crippen LogP) is 0.760. The van der Waals surface area contributed by atoms with E-state index >= 15 is 0 Å². The van der Waals surface area contributed by atoms with Gasteiger partial charge in [0.1, 0.15) is 13.2 Å². The number of carboxylic acids is 1. The van der Waals surface area contributed by atoms with E-state index in [9.17, 15) is 14.4 Å². The highest BCUT2D eigenvalue weighted by atomic mass is 16.6. The van der Waals surface area contributed by atoms with Crippen molar-refractivity contribution in [2.75, 3.05) is 13.2 Å². The lowest BCUT2D eigenvalue weighted by atomic mass is 9.90. The fourth-order valence-corrected chi connectivity index (χ4v) is 0.844. The molecule has 0 amide bonds.